The molecule has 2 heterocycles. The second-order valence-corrected chi connectivity index (χ2v) is 13.1. The lowest BCUT2D eigenvalue weighted by molar-refractivity contribution is 0.0553. The predicted octanol–water partition coefficient (Wildman–Crippen LogP) is 5.32. The van der Waals surface area contributed by atoms with Gasteiger partial charge in [-0.15, -0.1) is 0 Å². The molecule has 3 aromatic rings. The molecule has 9 heteroatoms. The van der Waals surface area contributed by atoms with Crippen LogP contribution in [0.2, 0.25) is 5.02 Å². The molecule has 2 aliphatic rings. The number of amides is 1. The van der Waals surface area contributed by atoms with Crippen molar-refractivity contribution in [3.63, 3.8) is 0 Å². The van der Waals surface area contributed by atoms with E-state index in [0.29, 0.717) is 38.9 Å². The van der Waals surface area contributed by atoms with Crippen molar-refractivity contribution in [2.45, 2.75) is 47.9 Å². The SMILES string of the molecule is COc1ccc(S(=O)(=O)c2ccc(CC3CCN(C4CCN(C(=O)c5cccc(Cl)c5N)CC4)CC3)cc2)cc1. The van der Waals surface area contributed by atoms with Crippen molar-refractivity contribution in [2.24, 2.45) is 5.92 Å². The number of para-hydroxylation sites is 1. The van der Waals surface area contributed by atoms with Crippen LogP contribution in [0.5, 0.6) is 5.75 Å². The summed E-state index contributed by atoms with van der Waals surface area (Å²) >= 11 is 6.11. The average molecular weight is 582 g/mol. The topological polar surface area (TPSA) is 92.9 Å². The monoisotopic (exact) mass is 581 g/mol. The smallest absolute Gasteiger partial charge is 0.255 e. The minimum absolute atomic E-state index is 0.0417. The zero-order chi connectivity index (χ0) is 28.3. The van der Waals surface area contributed by atoms with Gasteiger partial charge in [-0.25, -0.2) is 8.42 Å². The minimum atomic E-state index is -3.56. The Kier molecular flexibility index (Phi) is 8.68. The maximum Gasteiger partial charge on any atom is 0.255 e. The number of rotatable bonds is 7. The van der Waals surface area contributed by atoms with Crippen LogP contribution in [0.4, 0.5) is 5.69 Å². The molecule has 0 atom stereocenters. The summed E-state index contributed by atoms with van der Waals surface area (Å²) in [7, 11) is -2.01. The molecule has 212 valence electrons. The Morgan fingerprint density at radius 3 is 2.10 bits per heavy atom. The molecule has 3 aromatic carbocycles. The van der Waals surface area contributed by atoms with Crippen molar-refractivity contribution in [2.75, 3.05) is 39.0 Å². The third kappa shape index (κ3) is 6.14. The first-order chi connectivity index (χ1) is 19.3. The highest BCUT2D eigenvalue weighted by molar-refractivity contribution is 7.91. The van der Waals surface area contributed by atoms with Gasteiger partial charge in [-0.05, 0) is 105 Å². The number of nitrogens with two attached hydrogens (primary N) is 1. The Hall–Kier alpha value is -3.07. The van der Waals surface area contributed by atoms with E-state index in [1.54, 1.807) is 61.7 Å². The second kappa shape index (κ2) is 12.2. The molecule has 2 fully saturated rings. The summed E-state index contributed by atoms with van der Waals surface area (Å²) in [4.78, 5) is 18.0. The Morgan fingerprint density at radius 2 is 1.50 bits per heavy atom. The molecule has 0 radical (unpaired) electrons. The van der Waals surface area contributed by atoms with Crippen molar-refractivity contribution in [3.05, 3.63) is 82.9 Å². The van der Waals surface area contributed by atoms with Crippen molar-refractivity contribution in [1.82, 2.24) is 9.80 Å². The van der Waals surface area contributed by atoms with Gasteiger partial charge in [0.1, 0.15) is 5.75 Å². The fourth-order valence-electron chi connectivity index (χ4n) is 5.88. The fourth-order valence-corrected chi connectivity index (χ4v) is 7.31. The number of likely N-dealkylation sites (tertiary alicyclic amines) is 2. The van der Waals surface area contributed by atoms with Crippen LogP contribution in [0.25, 0.3) is 0 Å². The van der Waals surface area contributed by atoms with Crippen LogP contribution in [-0.2, 0) is 16.3 Å². The maximum absolute atomic E-state index is 13.0. The highest BCUT2D eigenvalue weighted by atomic mass is 35.5. The van der Waals surface area contributed by atoms with Gasteiger partial charge in [0.05, 0.1) is 33.2 Å². The zero-order valence-corrected chi connectivity index (χ0v) is 24.3. The molecule has 2 saturated heterocycles. The molecule has 2 N–H and O–H groups in total. The molecular formula is C31H36ClN3O4S. The third-order valence-corrected chi connectivity index (χ3v) is 10.4. The molecule has 0 aliphatic carbocycles. The van der Waals surface area contributed by atoms with Gasteiger partial charge in [0.15, 0.2) is 0 Å². The van der Waals surface area contributed by atoms with Crippen LogP contribution >= 0.6 is 11.6 Å². The van der Waals surface area contributed by atoms with Crippen molar-refractivity contribution >= 4 is 33.0 Å². The molecule has 1 amide bonds. The van der Waals surface area contributed by atoms with E-state index in [4.69, 9.17) is 22.1 Å². The van der Waals surface area contributed by atoms with Gasteiger partial charge >= 0.3 is 0 Å². The van der Waals surface area contributed by atoms with Crippen LogP contribution < -0.4 is 10.5 Å². The van der Waals surface area contributed by atoms with Gasteiger partial charge in [0.2, 0.25) is 9.84 Å². The van der Waals surface area contributed by atoms with E-state index in [-0.39, 0.29) is 10.8 Å². The first-order valence-corrected chi connectivity index (χ1v) is 15.7. The number of nitrogen functional groups attached to an aromatic ring is 1. The number of sulfone groups is 1. The number of hydrogen-bond acceptors (Lipinski definition) is 6. The van der Waals surface area contributed by atoms with Crippen molar-refractivity contribution in [3.8, 4) is 5.75 Å². The van der Waals surface area contributed by atoms with E-state index < -0.39 is 9.84 Å². The molecular weight excluding hydrogens is 546 g/mol. The molecule has 2 aliphatic heterocycles. The zero-order valence-electron chi connectivity index (χ0n) is 22.8. The van der Waals surface area contributed by atoms with Gasteiger partial charge in [-0.1, -0.05) is 29.8 Å². The van der Waals surface area contributed by atoms with Gasteiger partial charge in [-0.2, -0.15) is 0 Å². The third-order valence-electron chi connectivity index (χ3n) is 8.33. The number of anilines is 1. The number of benzene rings is 3. The summed E-state index contributed by atoms with van der Waals surface area (Å²) in [5.74, 6) is 1.16. The number of ether oxygens (including phenoxy) is 1. The minimum Gasteiger partial charge on any atom is -0.497 e. The highest BCUT2D eigenvalue weighted by Crippen LogP contribution is 2.29. The summed E-state index contributed by atoms with van der Waals surface area (Å²) in [5, 5.41) is 0.415. The largest absolute Gasteiger partial charge is 0.497 e. The molecule has 7 nitrogen and oxygen atoms in total. The summed E-state index contributed by atoms with van der Waals surface area (Å²) in [6.45, 7) is 3.55. The van der Waals surface area contributed by atoms with Gasteiger partial charge in [0, 0.05) is 19.1 Å². The van der Waals surface area contributed by atoms with E-state index >= 15 is 0 Å². The van der Waals surface area contributed by atoms with Crippen LogP contribution in [0.3, 0.4) is 0 Å². The Labute approximate surface area is 241 Å². The number of piperidine rings is 2. The molecule has 0 aromatic heterocycles. The van der Waals surface area contributed by atoms with Gasteiger partial charge in [-0.3, -0.25) is 4.79 Å². The van der Waals surface area contributed by atoms with Crippen LogP contribution in [-0.4, -0.2) is 63.5 Å². The van der Waals surface area contributed by atoms with Crippen LogP contribution in [0.15, 0.2) is 76.5 Å². The summed E-state index contributed by atoms with van der Waals surface area (Å²) < 4.78 is 31.1. The molecule has 40 heavy (non-hydrogen) atoms. The summed E-state index contributed by atoms with van der Waals surface area (Å²) in [6, 6.07) is 19.5. The average Bonchev–Trinajstić information content (AvgIpc) is 2.99. The molecule has 0 bridgehead atoms. The fraction of sp³-hybridized carbons (Fsp3) is 0.387. The normalized spacial score (nSPS) is 17.6. The Morgan fingerprint density at radius 1 is 0.900 bits per heavy atom. The van der Waals surface area contributed by atoms with Crippen molar-refractivity contribution in [1.29, 1.82) is 0 Å². The Bertz CT molecular complexity index is 1430. The van der Waals surface area contributed by atoms with Crippen LogP contribution in [0, 0.1) is 5.92 Å². The number of halogens is 1. The second-order valence-electron chi connectivity index (χ2n) is 10.7. The van der Waals surface area contributed by atoms with E-state index in [1.165, 1.54) is 5.56 Å². The molecule has 0 spiro atoms. The summed E-state index contributed by atoms with van der Waals surface area (Å²) in [5.41, 5.74) is 8.05. The van der Waals surface area contributed by atoms with E-state index in [2.05, 4.69) is 4.90 Å². The van der Waals surface area contributed by atoms with Crippen LogP contribution in [0.1, 0.15) is 41.6 Å². The number of hydrogen-bond donors (Lipinski definition) is 1. The number of methoxy groups -OCH3 is 1. The number of nitrogens with zero attached hydrogens (tertiary/aromatic N) is 2. The first-order valence-electron chi connectivity index (χ1n) is 13.8. The standard InChI is InChI=1S/C31H36ClN3O4S/c1-39-25-7-11-27(12-8-25)40(37,38)26-9-5-22(6-10-26)21-23-13-17-34(18-14-23)24-15-19-35(20-16-24)31(36)28-3-2-4-29(32)30(28)33/h2-12,23-24H,13-21,33H2,1H3. The van der Waals surface area contributed by atoms with E-state index in [0.717, 1.165) is 58.3 Å². The highest BCUT2D eigenvalue weighted by Gasteiger charge is 2.30. The Balaban J connectivity index is 1.10. The molecule has 0 unspecified atom stereocenters. The quantitative estimate of drug-likeness (QED) is 0.380. The van der Waals surface area contributed by atoms with E-state index in [1.807, 2.05) is 17.0 Å². The van der Waals surface area contributed by atoms with Crippen molar-refractivity contribution < 1.29 is 17.9 Å². The van der Waals surface area contributed by atoms with Gasteiger partial charge < -0.3 is 20.3 Å². The number of carbonyl (C=O) groups excluding carboxylic acids is 1. The molecule has 0 saturated carbocycles. The maximum atomic E-state index is 13.0. The van der Waals surface area contributed by atoms with Gasteiger partial charge in [0.25, 0.3) is 5.91 Å². The predicted molar refractivity (Wildman–Crippen MR) is 158 cm³/mol. The number of carbonyl (C=O) groups is 1. The first kappa shape index (κ1) is 28.5. The lowest BCUT2D eigenvalue weighted by atomic mass is 9.88. The lowest BCUT2D eigenvalue weighted by Gasteiger charge is -2.42. The van der Waals surface area contributed by atoms with E-state index in [9.17, 15) is 13.2 Å². The molecule has 5 rings (SSSR count). The lowest BCUT2D eigenvalue weighted by Crippen LogP contribution is -2.49. The summed E-state index contributed by atoms with van der Waals surface area (Å²) in [6.07, 6.45) is 5.10.